The van der Waals surface area contributed by atoms with E-state index in [1.54, 1.807) is 40.1 Å². The van der Waals surface area contributed by atoms with Crippen molar-refractivity contribution in [1.29, 1.82) is 0 Å². The van der Waals surface area contributed by atoms with Crippen LogP contribution in [0.2, 0.25) is 5.02 Å². The zero-order chi connectivity index (χ0) is 19.5. The molecule has 1 aliphatic rings. The maximum atomic E-state index is 12.6. The van der Waals surface area contributed by atoms with Gasteiger partial charge < -0.3 is 14.2 Å². The zero-order valence-electron chi connectivity index (χ0n) is 15.0. The Morgan fingerprint density at radius 2 is 1.75 bits per heavy atom. The average molecular weight is 396 g/mol. The summed E-state index contributed by atoms with van der Waals surface area (Å²) in [6, 6.07) is 14.3. The van der Waals surface area contributed by atoms with Gasteiger partial charge in [-0.3, -0.25) is 9.59 Å². The summed E-state index contributed by atoms with van der Waals surface area (Å²) in [6.07, 6.45) is 3.03. The lowest BCUT2D eigenvalue weighted by Gasteiger charge is -2.34. The van der Waals surface area contributed by atoms with E-state index < -0.39 is 0 Å². The van der Waals surface area contributed by atoms with Crippen molar-refractivity contribution in [3.05, 3.63) is 71.1 Å². The van der Waals surface area contributed by atoms with Crippen molar-refractivity contribution in [2.24, 2.45) is 0 Å². The fourth-order valence-electron chi connectivity index (χ4n) is 3.14. The molecule has 2 heterocycles. The van der Waals surface area contributed by atoms with E-state index in [1.807, 2.05) is 24.3 Å². The first kappa shape index (κ1) is 18.3. The van der Waals surface area contributed by atoms with Crippen LogP contribution in [0.3, 0.4) is 0 Å². The average Bonchev–Trinajstić information content (AvgIpc) is 3.14. The largest absolute Gasteiger partial charge is 0.437 e. The molecule has 0 N–H and O–H groups in total. The number of oxazole rings is 1. The zero-order valence-corrected chi connectivity index (χ0v) is 15.8. The Morgan fingerprint density at radius 3 is 2.50 bits per heavy atom. The van der Waals surface area contributed by atoms with Gasteiger partial charge in [0.2, 0.25) is 11.8 Å². The summed E-state index contributed by atoms with van der Waals surface area (Å²) in [7, 11) is 0. The first-order valence-corrected chi connectivity index (χ1v) is 9.35. The molecule has 3 aromatic rings. The molecule has 0 aliphatic carbocycles. The van der Waals surface area contributed by atoms with E-state index in [0.29, 0.717) is 48.2 Å². The highest BCUT2D eigenvalue weighted by Crippen LogP contribution is 2.16. The molecule has 7 heteroatoms. The molecule has 6 nitrogen and oxygen atoms in total. The van der Waals surface area contributed by atoms with Crippen molar-refractivity contribution in [2.75, 3.05) is 26.2 Å². The predicted molar refractivity (Wildman–Crippen MR) is 107 cm³/mol. The maximum Gasteiger partial charge on any atom is 0.254 e. The highest BCUT2D eigenvalue weighted by atomic mass is 35.5. The Kier molecular flexibility index (Phi) is 5.12. The molecule has 0 bridgehead atoms. The maximum absolute atomic E-state index is 12.6. The smallest absolute Gasteiger partial charge is 0.254 e. The quantitative estimate of drug-likeness (QED) is 0.637. The summed E-state index contributed by atoms with van der Waals surface area (Å²) in [5.41, 5.74) is 1.99. The number of nitrogens with zero attached hydrogens (tertiary/aromatic N) is 3. The van der Waals surface area contributed by atoms with Gasteiger partial charge in [0.15, 0.2) is 5.58 Å². The third kappa shape index (κ3) is 3.92. The van der Waals surface area contributed by atoms with Gasteiger partial charge in [-0.25, -0.2) is 4.98 Å². The molecule has 2 aromatic carbocycles. The molecule has 4 rings (SSSR count). The van der Waals surface area contributed by atoms with Crippen molar-refractivity contribution >= 4 is 40.6 Å². The second-order valence-corrected chi connectivity index (χ2v) is 6.92. The summed E-state index contributed by atoms with van der Waals surface area (Å²) >= 11 is 5.96. The molecule has 1 aromatic heterocycles. The first-order chi connectivity index (χ1) is 13.6. The van der Waals surface area contributed by atoms with Crippen molar-refractivity contribution in [3.8, 4) is 0 Å². The number of carbonyl (C=O) groups excluding carboxylic acids is 2. The van der Waals surface area contributed by atoms with E-state index in [1.165, 1.54) is 6.08 Å². The van der Waals surface area contributed by atoms with Crippen LogP contribution in [0.4, 0.5) is 0 Å². The Morgan fingerprint density at radius 1 is 1.00 bits per heavy atom. The Bertz CT molecular complexity index is 1020. The standard InChI is InChI=1S/C21H18ClN3O3/c22-16-5-3-4-15(14-16)21(27)25-12-10-24(11-13-25)20(26)9-8-19-23-17-6-1-2-7-18(17)28-19/h1-9,14H,10-13H2/b9-8+. The molecule has 0 spiro atoms. The molecule has 0 unspecified atom stereocenters. The normalized spacial score (nSPS) is 14.8. The fourth-order valence-corrected chi connectivity index (χ4v) is 3.33. The van der Waals surface area contributed by atoms with Gasteiger partial charge >= 0.3 is 0 Å². The lowest BCUT2D eigenvalue weighted by Crippen LogP contribution is -2.50. The summed E-state index contributed by atoms with van der Waals surface area (Å²) in [5.74, 6) is 0.193. The highest BCUT2D eigenvalue weighted by Gasteiger charge is 2.24. The van der Waals surface area contributed by atoms with Crippen molar-refractivity contribution < 1.29 is 14.0 Å². The van der Waals surface area contributed by atoms with Gasteiger partial charge in [0, 0.05) is 48.9 Å². The minimum Gasteiger partial charge on any atom is -0.437 e. The van der Waals surface area contributed by atoms with Crippen LogP contribution in [-0.4, -0.2) is 52.8 Å². The van der Waals surface area contributed by atoms with Crippen molar-refractivity contribution in [2.45, 2.75) is 0 Å². The number of hydrogen-bond donors (Lipinski definition) is 0. The van der Waals surface area contributed by atoms with E-state index in [0.717, 1.165) is 5.52 Å². The first-order valence-electron chi connectivity index (χ1n) is 8.97. The summed E-state index contributed by atoms with van der Waals surface area (Å²) in [6.45, 7) is 1.91. The van der Waals surface area contributed by atoms with Crippen LogP contribution in [-0.2, 0) is 4.79 Å². The topological polar surface area (TPSA) is 66.7 Å². The number of benzene rings is 2. The molecule has 0 atom stereocenters. The Labute approximate surface area is 167 Å². The van der Waals surface area contributed by atoms with Crippen LogP contribution in [0.25, 0.3) is 17.2 Å². The molecule has 1 saturated heterocycles. The molecule has 1 aliphatic heterocycles. The predicted octanol–water partition coefficient (Wildman–Crippen LogP) is 3.48. The molecular formula is C21H18ClN3O3. The molecule has 0 saturated carbocycles. The Hall–Kier alpha value is -3.12. The lowest BCUT2D eigenvalue weighted by molar-refractivity contribution is -0.127. The number of piperazine rings is 1. The number of aromatic nitrogens is 1. The fraction of sp³-hybridized carbons (Fsp3) is 0.190. The van der Waals surface area contributed by atoms with Crippen LogP contribution >= 0.6 is 11.6 Å². The summed E-state index contributed by atoms with van der Waals surface area (Å²) in [4.78, 5) is 32.7. The minimum atomic E-state index is -0.128. The third-order valence-corrected chi connectivity index (χ3v) is 4.86. The van der Waals surface area contributed by atoms with Crippen LogP contribution < -0.4 is 0 Å². The van der Waals surface area contributed by atoms with Crippen molar-refractivity contribution in [3.63, 3.8) is 0 Å². The van der Waals surface area contributed by atoms with Crippen LogP contribution in [0, 0.1) is 0 Å². The number of halogens is 1. The molecule has 1 fully saturated rings. The number of para-hydroxylation sites is 2. The minimum absolute atomic E-state index is 0.0726. The van der Waals surface area contributed by atoms with E-state index >= 15 is 0 Å². The van der Waals surface area contributed by atoms with E-state index in [9.17, 15) is 9.59 Å². The van der Waals surface area contributed by atoms with Gasteiger partial charge in [-0.2, -0.15) is 0 Å². The van der Waals surface area contributed by atoms with Crippen LogP contribution in [0.5, 0.6) is 0 Å². The Balaban J connectivity index is 1.35. The molecule has 2 amide bonds. The van der Waals surface area contributed by atoms with Gasteiger partial charge in [0.25, 0.3) is 5.91 Å². The van der Waals surface area contributed by atoms with Gasteiger partial charge in [0.05, 0.1) is 0 Å². The van der Waals surface area contributed by atoms with Gasteiger partial charge in [-0.15, -0.1) is 0 Å². The molecule has 28 heavy (non-hydrogen) atoms. The van der Waals surface area contributed by atoms with E-state index in [2.05, 4.69) is 4.98 Å². The number of rotatable bonds is 3. The third-order valence-electron chi connectivity index (χ3n) is 4.63. The molecule has 0 radical (unpaired) electrons. The highest BCUT2D eigenvalue weighted by molar-refractivity contribution is 6.30. The SMILES string of the molecule is O=C(/C=C/c1nc2ccccc2o1)N1CCN(C(=O)c2cccc(Cl)c2)CC1. The van der Waals surface area contributed by atoms with Crippen LogP contribution in [0.1, 0.15) is 16.2 Å². The van der Waals surface area contributed by atoms with Crippen molar-refractivity contribution in [1.82, 2.24) is 14.8 Å². The van der Waals surface area contributed by atoms with E-state index in [-0.39, 0.29) is 11.8 Å². The number of hydrogen-bond acceptors (Lipinski definition) is 4. The number of amides is 2. The number of carbonyl (C=O) groups is 2. The van der Waals surface area contributed by atoms with Gasteiger partial charge in [0.1, 0.15) is 5.52 Å². The molecular weight excluding hydrogens is 378 g/mol. The summed E-state index contributed by atoms with van der Waals surface area (Å²) in [5, 5.41) is 0.531. The van der Waals surface area contributed by atoms with E-state index in [4.69, 9.17) is 16.0 Å². The second-order valence-electron chi connectivity index (χ2n) is 6.48. The molecule has 142 valence electrons. The summed E-state index contributed by atoms with van der Waals surface area (Å²) < 4.78 is 5.58. The second kappa shape index (κ2) is 7.86. The lowest BCUT2D eigenvalue weighted by atomic mass is 10.2. The van der Waals surface area contributed by atoms with Gasteiger partial charge in [-0.05, 0) is 30.3 Å². The monoisotopic (exact) mass is 395 g/mol. The van der Waals surface area contributed by atoms with Crippen LogP contribution in [0.15, 0.2) is 59.0 Å². The number of fused-ring (bicyclic) bond motifs is 1. The van der Waals surface area contributed by atoms with Gasteiger partial charge in [-0.1, -0.05) is 29.8 Å².